The van der Waals surface area contributed by atoms with Crippen molar-refractivity contribution in [1.82, 2.24) is 20.4 Å². The van der Waals surface area contributed by atoms with Crippen molar-refractivity contribution in [3.05, 3.63) is 0 Å². The van der Waals surface area contributed by atoms with E-state index in [1.807, 2.05) is 0 Å². The summed E-state index contributed by atoms with van der Waals surface area (Å²) >= 11 is 0. The Balaban J connectivity index is 3.67. The van der Waals surface area contributed by atoms with Crippen LogP contribution >= 0.6 is 0 Å². The van der Waals surface area contributed by atoms with Gasteiger partial charge in [-0.15, -0.1) is 0 Å². The molecule has 0 bridgehead atoms. The normalized spacial score (nSPS) is 11.2. The number of unbranched alkanes of at least 4 members (excludes halogenated alkanes) is 7. The van der Waals surface area contributed by atoms with E-state index >= 15 is 0 Å². The average Bonchev–Trinajstić information content (AvgIpc) is 2.88. The molecule has 0 aliphatic rings. The van der Waals surface area contributed by atoms with Gasteiger partial charge in [-0.25, -0.2) is 9.59 Å². The van der Waals surface area contributed by atoms with Crippen LogP contribution in [0.4, 0.5) is 9.59 Å². The molecule has 0 saturated heterocycles. The quantitative estimate of drug-likeness (QED) is 0.150. The summed E-state index contributed by atoms with van der Waals surface area (Å²) in [6, 6.07) is 0. The molecule has 0 saturated carbocycles. The van der Waals surface area contributed by atoms with E-state index in [0.29, 0.717) is 26.3 Å². The van der Waals surface area contributed by atoms with E-state index in [4.69, 9.17) is 9.47 Å². The van der Waals surface area contributed by atoms with Gasteiger partial charge in [0.15, 0.2) is 0 Å². The van der Waals surface area contributed by atoms with Crippen molar-refractivity contribution in [3.63, 3.8) is 0 Å². The van der Waals surface area contributed by atoms with Crippen LogP contribution in [-0.4, -0.2) is 87.6 Å². The average molecular weight is 515 g/mol. The highest BCUT2D eigenvalue weighted by molar-refractivity contribution is 5.67. The number of carbonyl (C=O) groups is 2. The molecule has 0 aliphatic heterocycles. The highest BCUT2D eigenvalue weighted by Crippen LogP contribution is 2.01. The maximum absolute atomic E-state index is 11.9. The van der Waals surface area contributed by atoms with E-state index < -0.39 is 0 Å². The lowest BCUT2D eigenvalue weighted by Gasteiger charge is -2.21. The van der Waals surface area contributed by atoms with Gasteiger partial charge in [-0.3, -0.25) is 9.80 Å². The molecule has 0 aromatic heterocycles. The maximum atomic E-state index is 11.9. The first-order valence-corrected chi connectivity index (χ1v) is 14.8. The standard InChI is InChI=1S/C28H58N4O4/c1-5-9-19-31(20-10-6-2)23-25-35-27(33)29-17-15-13-14-16-18-30-28(34)36-26-24-32(21-11-7-3)22-12-8-4/h5-26H2,1-4H3,(H,29,33)(H,30,34). The zero-order valence-corrected chi connectivity index (χ0v) is 24.1. The van der Waals surface area contributed by atoms with Crippen LogP contribution in [0.3, 0.4) is 0 Å². The monoisotopic (exact) mass is 514 g/mol. The third-order valence-corrected chi connectivity index (χ3v) is 6.24. The molecule has 8 nitrogen and oxygen atoms in total. The molecule has 0 radical (unpaired) electrons. The Hall–Kier alpha value is -1.54. The molecule has 8 heteroatoms. The van der Waals surface area contributed by atoms with E-state index in [1.165, 1.54) is 51.4 Å². The van der Waals surface area contributed by atoms with Gasteiger partial charge >= 0.3 is 12.2 Å². The molecular formula is C28H58N4O4. The SMILES string of the molecule is CCCCN(CCCC)CCOC(=O)NCCCCCCNC(=O)OCCN(CCCC)CCCC. The topological polar surface area (TPSA) is 83.1 Å². The van der Waals surface area contributed by atoms with Gasteiger partial charge < -0.3 is 20.1 Å². The Labute approximate surface area is 222 Å². The summed E-state index contributed by atoms with van der Waals surface area (Å²) in [5.41, 5.74) is 0. The van der Waals surface area contributed by atoms with Crippen molar-refractivity contribution in [1.29, 1.82) is 0 Å². The summed E-state index contributed by atoms with van der Waals surface area (Å²) < 4.78 is 10.7. The number of ether oxygens (including phenoxy) is 2. The first kappa shape index (κ1) is 34.5. The molecule has 0 heterocycles. The second-order valence-electron chi connectivity index (χ2n) is 9.64. The summed E-state index contributed by atoms with van der Waals surface area (Å²) in [5, 5.41) is 5.67. The molecular weight excluding hydrogens is 456 g/mol. The van der Waals surface area contributed by atoms with Gasteiger partial charge in [-0.2, -0.15) is 0 Å². The third kappa shape index (κ3) is 22.9. The van der Waals surface area contributed by atoms with Crippen LogP contribution in [0, 0.1) is 0 Å². The highest BCUT2D eigenvalue weighted by atomic mass is 16.6. The van der Waals surface area contributed by atoms with Crippen LogP contribution in [-0.2, 0) is 9.47 Å². The number of hydrogen-bond acceptors (Lipinski definition) is 6. The van der Waals surface area contributed by atoms with E-state index in [0.717, 1.165) is 65.0 Å². The lowest BCUT2D eigenvalue weighted by molar-refractivity contribution is 0.125. The Kier molecular flexibility index (Phi) is 25.4. The van der Waals surface area contributed by atoms with E-state index in [9.17, 15) is 9.59 Å². The first-order chi connectivity index (χ1) is 17.6. The molecule has 0 fully saturated rings. The van der Waals surface area contributed by atoms with Crippen LogP contribution in [0.15, 0.2) is 0 Å². The van der Waals surface area contributed by atoms with Crippen LogP contribution in [0.25, 0.3) is 0 Å². The number of alkyl carbamates (subject to hydrolysis) is 2. The Bertz CT molecular complexity index is 448. The van der Waals surface area contributed by atoms with Gasteiger partial charge in [0.1, 0.15) is 13.2 Å². The second kappa shape index (κ2) is 26.5. The molecule has 0 rings (SSSR count). The zero-order valence-electron chi connectivity index (χ0n) is 24.1. The van der Waals surface area contributed by atoms with E-state index in [-0.39, 0.29) is 12.2 Å². The van der Waals surface area contributed by atoms with Gasteiger partial charge in [-0.1, -0.05) is 66.2 Å². The van der Waals surface area contributed by atoms with Crippen molar-refractivity contribution in [2.24, 2.45) is 0 Å². The highest BCUT2D eigenvalue weighted by Gasteiger charge is 2.08. The zero-order chi connectivity index (χ0) is 26.7. The predicted octanol–water partition coefficient (Wildman–Crippen LogP) is 5.80. The summed E-state index contributed by atoms with van der Waals surface area (Å²) in [7, 11) is 0. The molecule has 2 amide bonds. The van der Waals surface area contributed by atoms with Crippen LogP contribution in [0.2, 0.25) is 0 Å². The minimum atomic E-state index is -0.326. The smallest absolute Gasteiger partial charge is 0.407 e. The van der Waals surface area contributed by atoms with Crippen LogP contribution < -0.4 is 10.6 Å². The van der Waals surface area contributed by atoms with Crippen LogP contribution in [0.1, 0.15) is 105 Å². The number of amides is 2. The van der Waals surface area contributed by atoms with Gasteiger partial charge in [0, 0.05) is 26.2 Å². The lowest BCUT2D eigenvalue weighted by Crippen LogP contribution is -2.33. The molecule has 0 spiro atoms. The predicted molar refractivity (Wildman–Crippen MR) is 150 cm³/mol. The molecule has 0 unspecified atom stereocenters. The number of nitrogens with one attached hydrogen (secondary N) is 2. The van der Waals surface area contributed by atoms with Crippen molar-refractivity contribution < 1.29 is 19.1 Å². The largest absolute Gasteiger partial charge is 0.448 e. The summed E-state index contributed by atoms with van der Waals surface area (Å²) in [6.07, 6.45) is 12.6. The summed E-state index contributed by atoms with van der Waals surface area (Å²) in [5.74, 6) is 0. The number of carbonyl (C=O) groups excluding carboxylic acids is 2. The Morgan fingerprint density at radius 3 is 1.14 bits per heavy atom. The number of nitrogens with zero attached hydrogens (tertiary/aromatic N) is 2. The molecule has 2 N–H and O–H groups in total. The van der Waals surface area contributed by atoms with Crippen molar-refractivity contribution in [2.75, 3.05) is 65.6 Å². The molecule has 0 aromatic carbocycles. The fourth-order valence-corrected chi connectivity index (χ4v) is 3.82. The summed E-state index contributed by atoms with van der Waals surface area (Å²) in [4.78, 5) is 28.5. The maximum Gasteiger partial charge on any atom is 0.407 e. The fourth-order valence-electron chi connectivity index (χ4n) is 3.82. The van der Waals surface area contributed by atoms with Crippen LogP contribution in [0.5, 0.6) is 0 Å². The minimum absolute atomic E-state index is 0.326. The molecule has 36 heavy (non-hydrogen) atoms. The van der Waals surface area contributed by atoms with E-state index in [1.54, 1.807) is 0 Å². The number of hydrogen-bond donors (Lipinski definition) is 2. The van der Waals surface area contributed by atoms with Gasteiger partial charge in [0.2, 0.25) is 0 Å². The van der Waals surface area contributed by atoms with Crippen molar-refractivity contribution in [3.8, 4) is 0 Å². The van der Waals surface area contributed by atoms with Gasteiger partial charge in [0.25, 0.3) is 0 Å². The minimum Gasteiger partial charge on any atom is -0.448 e. The molecule has 214 valence electrons. The number of rotatable bonds is 25. The third-order valence-electron chi connectivity index (χ3n) is 6.24. The van der Waals surface area contributed by atoms with Crippen molar-refractivity contribution >= 4 is 12.2 Å². The molecule has 0 atom stereocenters. The Morgan fingerprint density at radius 2 is 0.833 bits per heavy atom. The molecule has 0 aliphatic carbocycles. The fraction of sp³-hybridized carbons (Fsp3) is 0.929. The summed E-state index contributed by atoms with van der Waals surface area (Å²) in [6.45, 7) is 16.8. The Morgan fingerprint density at radius 1 is 0.500 bits per heavy atom. The second-order valence-corrected chi connectivity index (χ2v) is 9.64. The van der Waals surface area contributed by atoms with Gasteiger partial charge in [-0.05, 0) is 64.7 Å². The molecule has 0 aromatic rings. The van der Waals surface area contributed by atoms with Crippen molar-refractivity contribution in [2.45, 2.75) is 105 Å². The first-order valence-electron chi connectivity index (χ1n) is 14.8. The van der Waals surface area contributed by atoms with Gasteiger partial charge in [0.05, 0.1) is 0 Å². The van der Waals surface area contributed by atoms with E-state index in [2.05, 4.69) is 48.1 Å². The lowest BCUT2D eigenvalue weighted by atomic mass is 10.2.